The van der Waals surface area contributed by atoms with Crippen LogP contribution in [0.1, 0.15) is 31.4 Å². The van der Waals surface area contributed by atoms with Crippen molar-refractivity contribution in [3.8, 4) is 0 Å². The molecule has 1 aliphatic rings. The third-order valence-corrected chi connectivity index (χ3v) is 4.55. The average Bonchev–Trinajstić information content (AvgIpc) is 3.16. The van der Waals surface area contributed by atoms with Crippen LogP contribution in [0.5, 0.6) is 0 Å². The molecular formula is C14H20N6O2S. The van der Waals surface area contributed by atoms with E-state index in [0.29, 0.717) is 18.9 Å². The highest BCUT2D eigenvalue weighted by Gasteiger charge is 2.23. The van der Waals surface area contributed by atoms with Gasteiger partial charge in [-0.15, -0.1) is 0 Å². The molecule has 3 rings (SSSR count). The van der Waals surface area contributed by atoms with Gasteiger partial charge in [0.15, 0.2) is 5.82 Å². The minimum Gasteiger partial charge on any atom is -0.359 e. The van der Waals surface area contributed by atoms with Gasteiger partial charge in [0.25, 0.3) is 0 Å². The zero-order valence-electron chi connectivity index (χ0n) is 13.4. The average molecular weight is 336 g/mol. The van der Waals surface area contributed by atoms with Gasteiger partial charge in [-0.2, -0.15) is 4.37 Å². The molecule has 0 saturated carbocycles. The lowest BCUT2D eigenvalue weighted by Crippen LogP contribution is -2.50. The zero-order chi connectivity index (χ0) is 16.4. The third-order valence-electron chi connectivity index (χ3n) is 3.69. The topological polar surface area (TPSA) is 87.4 Å². The molecule has 1 saturated heterocycles. The molecule has 2 amide bonds. The minimum absolute atomic E-state index is 0.151. The summed E-state index contributed by atoms with van der Waals surface area (Å²) in [5.74, 6) is 2.25. The van der Waals surface area contributed by atoms with Crippen LogP contribution in [0.4, 0.5) is 15.7 Å². The molecule has 1 fully saturated rings. The molecule has 0 atom stereocenters. The number of carbonyl (C=O) groups is 1. The Morgan fingerprint density at radius 1 is 1.35 bits per heavy atom. The number of urea groups is 1. The number of aryl methyl sites for hydroxylation is 1. The van der Waals surface area contributed by atoms with Gasteiger partial charge < -0.3 is 14.3 Å². The summed E-state index contributed by atoms with van der Waals surface area (Å²) < 4.78 is 9.38. The molecule has 0 spiro atoms. The number of nitrogens with zero attached hydrogens (tertiary/aromatic N) is 5. The minimum atomic E-state index is -0.151. The highest BCUT2D eigenvalue weighted by atomic mass is 32.1. The molecule has 3 heterocycles. The van der Waals surface area contributed by atoms with Gasteiger partial charge in [-0.05, 0) is 6.92 Å². The SMILES string of the molecule is Cc1nsc(N2CCN(C(=O)Nc3cc(C(C)C)on3)CC2)n1. The first-order valence-electron chi connectivity index (χ1n) is 7.60. The second-order valence-electron chi connectivity index (χ2n) is 5.80. The van der Waals surface area contributed by atoms with E-state index in [0.717, 1.165) is 29.8 Å². The lowest BCUT2D eigenvalue weighted by molar-refractivity contribution is 0.208. The summed E-state index contributed by atoms with van der Waals surface area (Å²) in [5, 5.41) is 7.58. The molecule has 0 bridgehead atoms. The van der Waals surface area contributed by atoms with Crippen molar-refractivity contribution in [1.82, 2.24) is 19.4 Å². The maximum atomic E-state index is 12.3. The number of aromatic nitrogens is 3. The van der Waals surface area contributed by atoms with Crippen LogP contribution >= 0.6 is 11.5 Å². The van der Waals surface area contributed by atoms with E-state index < -0.39 is 0 Å². The van der Waals surface area contributed by atoms with Crippen LogP contribution in [0.15, 0.2) is 10.6 Å². The lowest BCUT2D eigenvalue weighted by Gasteiger charge is -2.34. The van der Waals surface area contributed by atoms with E-state index in [-0.39, 0.29) is 11.9 Å². The predicted octanol–water partition coefficient (Wildman–Crippen LogP) is 2.31. The molecule has 1 N–H and O–H groups in total. The van der Waals surface area contributed by atoms with Gasteiger partial charge in [0.05, 0.1) is 0 Å². The maximum Gasteiger partial charge on any atom is 0.323 e. The molecule has 0 aromatic carbocycles. The molecule has 23 heavy (non-hydrogen) atoms. The summed E-state index contributed by atoms with van der Waals surface area (Å²) in [6, 6.07) is 1.62. The monoisotopic (exact) mass is 336 g/mol. The smallest absolute Gasteiger partial charge is 0.323 e. The first kappa shape index (κ1) is 15.7. The second-order valence-corrected chi connectivity index (χ2v) is 6.53. The van der Waals surface area contributed by atoms with Gasteiger partial charge >= 0.3 is 6.03 Å². The van der Waals surface area contributed by atoms with Crippen molar-refractivity contribution in [3.05, 3.63) is 17.7 Å². The Labute approximate surface area is 138 Å². The Hall–Kier alpha value is -2.16. The van der Waals surface area contributed by atoms with Crippen molar-refractivity contribution in [2.45, 2.75) is 26.7 Å². The van der Waals surface area contributed by atoms with Crippen molar-refractivity contribution < 1.29 is 9.32 Å². The Kier molecular flexibility index (Phi) is 4.46. The normalized spacial score (nSPS) is 15.3. The lowest BCUT2D eigenvalue weighted by atomic mass is 10.2. The Bertz CT molecular complexity index is 674. The first-order valence-corrected chi connectivity index (χ1v) is 8.38. The van der Waals surface area contributed by atoms with Gasteiger partial charge in [-0.1, -0.05) is 19.0 Å². The van der Waals surface area contributed by atoms with Crippen molar-refractivity contribution in [2.24, 2.45) is 0 Å². The van der Waals surface area contributed by atoms with Gasteiger partial charge in [0.1, 0.15) is 11.6 Å². The highest BCUT2D eigenvalue weighted by Crippen LogP contribution is 2.20. The summed E-state index contributed by atoms with van der Waals surface area (Å²) in [6.45, 7) is 8.68. The molecule has 1 aliphatic heterocycles. The van der Waals surface area contributed by atoms with Crippen LogP contribution in [0.25, 0.3) is 0 Å². The van der Waals surface area contributed by atoms with Crippen LogP contribution in [0, 0.1) is 6.92 Å². The Balaban J connectivity index is 1.53. The van der Waals surface area contributed by atoms with Crippen LogP contribution < -0.4 is 10.2 Å². The second kappa shape index (κ2) is 6.53. The van der Waals surface area contributed by atoms with E-state index >= 15 is 0 Å². The molecule has 0 unspecified atom stereocenters. The number of carbonyl (C=O) groups excluding carboxylic acids is 1. The van der Waals surface area contributed by atoms with E-state index in [1.807, 2.05) is 20.8 Å². The quantitative estimate of drug-likeness (QED) is 0.925. The molecular weight excluding hydrogens is 316 g/mol. The van der Waals surface area contributed by atoms with Gasteiger partial charge in [-0.3, -0.25) is 5.32 Å². The van der Waals surface area contributed by atoms with Gasteiger partial charge in [0.2, 0.25) is 5.13 Å². The van der Waals surface area contributed by atoms with E-state index in [4.69, 9.17) is 4.52 Å². The number of hydrogen-bond acceptors (Lipinski definition) is 7. The van der Waals surface area contributed by atoms with Crippen LogP contribution in [-0.4, -0.2) is 51.6 Å². The number of rotatable bonds is 3. The van der Waals surface area contributed by atoms with Crippen LogP contribution in [0.2, 0.25) is 0 Å². The number of anilines is 2. The van der Waals surface area contributed by atoms with E-state index in [1.165, 1.54) is 11.5 Å². The number of hydrogen-bond donors (Lipinski definition) is 1. The van der Waals surface area contributed by atoms with Crippen LogP contribution in [0.3, 0.4) is 0 Å². The number of piperazine rings is 1. The molecule has 2 aromatic rings. The number of nitrogens with one attached hydrogen (secondary N) is 1. The van der Waals surface area contributed by atoms with Crippen molar-refractivity contribution in [3.63, 3.8) is 0 Å². The van der Waals surface area contributed by atoms with E-state index in [1.54, 1.807) is 11.0 Å². The molecule has 2 aromatic heterocycles. The molecule has 0 radical (unpaired) electrons. The van der Waals surface area contributed by atoms with Crippen molar-refractivity contribution >= 4 is 28.5 Å². The van der Waals surface area contributed by atoms with Gasteiger partial charge in [-0.25, -0.2) is 9.78 Å². The van der Waals surface area contributed by atoms with Crippen LogP contribution in [-0.2, 0) is 0 Å². The first-order chi connectivity index (χ1) is 11.0. The number of amides is 2. The predicted molar refractivity (Wildman–Crippen MR) is 88.0 cm³/mol. The Morgan fingerprint density at radius 3 is 2.65 bits per heavy atom. The fourth-order valence-corrected chi connectivity index (χ4v) is 3.05. The molecule has 9 heteroatoms. The van der Waals surface area contributed by atoms with E-state index in [2.05, 4.69) is 24.7 Å². The maximum absolute atomic E-state index is 12.3. The summed E-state index contributed by atoms with van der Waals surface area (Å²) in [7, 11) is 0. The summed E-state index contributed by atoms with van der Waals surface area (Å²) in [5.41, 5.74) is 0. The summed E-state index contributed by atoms with van der Waals surface area (Å²) in [6.07, 6.45) is 0. The zero-order valence-corrected chi connectivity index (χ0v) is 14.3. The van der Waals surface area contributed by atoms with E-state index in [9.17, 15) is 4.79 Å². The highest BCUT2D eigenvalue weighted by molar-refractivity contribution is 7.09. The third kappa shape index (κ3) is 3.61. The Morgan fingerprint density at radius 2 is 2.09 bits per heavy atom. The van der Waals surface area contributed by atoms with Crippen molar-refractivity contribution in [1.29, 1.82) is 0 Å². The molecule has 8 nitrogen and oxygen atoms in total. The molecule has 124 valence electrons. The summed E-state index contributed by atoms with van der Waals surface area (Å²) >= 11 is 1.40. The fourth-order valence-electron chi connectivity index (χ4n) is 2.32. The largest absolute Gasteiger partial charge is 0.359 e. The van der Waals surface area contributed by atoms with Crippen molar-refractivity contribution in [2.75, 3.05) is 36.4 Å². The fraction of sp³-hybridized carbons (Fsp3) is 0.571. The molecule has 0 aliphatic carbocycles. The summed E-state index contributed by atoms with van der Waals surface area (Å²) in [4.78, 5) is 20.6. The van der Waals surface area contributed by atoms with Gasteiger partial charge in [0, 0.05) is 49.7 Å². The standard InChI is InChI=1S/C14H20N6O2S/c1-9(2)11-8-12(17-22-11)16-13(21)19-4-6-20(7-5-19)14-15-10(3)18-23-14/h8-9H,4-7H2,1-3H3,(H,16,17,21).